The molecular weight excluding hydrogens is 420 g/mol. The van der Waals surface area contributed by atoms with E-state index >= 15 is 0 Å². The van der Waals surface area contributed by atoms with Crippen LogP contribution in [0.3, 0.4) is 0 Å². The number of morpholine rings is 1. The summed E-state index contributed by atoms with van der Waals surface area (Å²) in [6.45, 7) is 4.89. The van der Waals surface area contributed by atoms with Crippen LogP contribution in [0.2, 0.25) is 0 Å². The number of benzene rings is 2. The first-order valence-corrected chi connectivity index (χ1v) is 11.4. The summed E-state index contributed by atoms with van der Waals surface area (Å²) in [5.41, 5.74) is 1.71. The maximum Gasteiger partial charge on any atom is 0.251 e. The molecule has 31 heavy (non-hydrogen) atoms. The Hall–Kier alpha value is -2.62. The van der Waals surface area contributed by atoms with E-state index in [4.69, 9.17) is 14.2 Å². The molecule has 3 rings (SSSR count). The third-order valence-corrected chi connectivity index (χ3v) is 7.33. The van der Waals surface area contributed by atoms with Gasteiger partial charge in [0.2, 0.25) is 10.0 Å². The van der Waals surface area contributed by atoms with Gasteiger partial charge in [-0.2, -0.15) is 4.31 Å². The van der Waals surface area contributed by atoms with Crippen LogP contribution in [0.4, 0.5) is 0 Å². The Balaban J connectivity index is 1.82. The van der Waals surface area contributed by atoms with Gasteiger partial charge in [0.05, 0.1) is 38.4 Å². The fourth-order valence-corrected chi connectivity index (χ4v) is 5.09. The van der Waals surface area contributed by atoms with Crippen LogP contribution >= 0.6 is 0 Å². The summed E-state index contributed by atoms with van der Waals surface area (Å²) in [7, 11) is -0.596. The predicted octanol–water partition coefficient (Wildman–Crippen LogP) is 2.52. The van der Waals surface area contributed by atoms with Crippen molar-refractivity contribution in [1.29, 1.82) is 0 Å². The minimum atomic E-state index is -3.70. The highest BCUT2D eigenvalue weighted by Crippen LogP contribution is 2.30. The Morgan fingerprint density at radius 3 is 2.39 bits per heavy atom. The summed E-state index contributed by atoms with van der Waals surface area (Å²) in [6, 6.07) is 9.82. The summed E-state index contributed by atoms with van der Waals surface area (Å²) in [5, 5.41) is 2.92. The van der Waals surface area contributed by atoms with Crippen LogP contribution in [0.15, 0.2) is 41.3 Å². The molecule has 1 heterocycles. The van der Waals surface area contributed by atoms with Crippen LogP contribution in [0.25, 0.3) is 0 Å². The number of carbonyl (C=O) groups is 1. The van der Waals surface area contributed by atoms with E-state index in [0.29, 0.717) is 43.4 Å². The monoisotopic (exact) mass is 448 g/mol. The average molecular weight is 449 g/mol. The molecule has 0 aliphatic carbocycles. The lowest BCUT2D eigenvalue weighted by atomic mass is 10.1. The SMILES string of the molecule is COc1ccc([C@H](C)NC(=O)c2ccc(C)c(S(=O)(=O)N3CCOCC3)c2)cc1OC. The van der Waals surface area contributed by atoms with Gasteiger partial charge in [0.1, 0.15) is 0 Å². The number of carbonyl (C=O) groups excluding carboxylic acids is 1. The Kier molecular flexibility index (Phi) is 7.19. The molecule has 0 spiro atoms. The van der Waals surface area contributed by atoms with Gasteiger partial charge in [-0.3, -0.25) is 4.79 Å². The smallest absolute Gasteiger partial charge is 0.251 e. The second-order valence-corrected chi connectivity index (χ2v) is 9.21. The molecular formula is C22H28N2O6S. The molecule has 1 saturated heterocycles. The van der Waals surface area contributed by atoms with Crippen molar-refractivity contribution in [2.75, 3.05) is 40.5 Å². The first-order valence-electron chi connectivity index (χ1n) is 9.99. The first-order chi connectivity index (χ1) is 14.8. The minimum absolute atomic E-state index is 0.140. The normalized spacial score (nSPS) is 15.9. The van der Waals surface area contributed by atoms with Crippen molar-refractivity contribution < 1.29 is 27.4 Å². The minimum Gasteiger partial charge on any atom is -0.493 e. The van der Waals surface area contributed by atoms with Gasteiger partial charge < -0.3 is 19.5 Å². The Morgan fingerprint density at radius 2 is 1.74 bits per heavy atom. The van der Waals surface area contributed by atoms with Gasteiger partial charge in [-0.05, 0) is 49.2 Å². The van der Waals surface area contributed by atoms with E-state index in [9.17, 15) is 13.2 Å². The van der Waals surface area contributed by atoms with Gasteiger partial charge in [0.15, 0.2) is 11.5 Å². The third kappa shape index (κ3) is 5.00. The molecule has 1 aliphatic rings. The molecule has 1 atom stereocenters. The lowest BCUT2D eigenvalue weighted by Gasteiger charge is -2.27. The van der Waals surface area contributed by atoms with E-state index in [1.807, 2.05) is 13.0 Å². The number of rotatable bonds is 7. The van der Waals surface area contributed by atoms with Crippen molar-refractivity contribution in [2.45, 2.75) is 24.8 Å². The van der Waals surface area contributed by atoms with Crippen LogP contribution in [-0.2, 0) is 14.8 Å². The van der Waals surface area contributed by atoms with E-state index in [1.165, 1.54) is 10.4 Å². The molecule has 0 bridgehead atoms. The van der Waals surface area contributed by atoms with Gasteiger partial charge in [-0.1, -0.05) is 12.1 Å². The van der Waals surface area contributed by atoms with Crippen molar-refractivity contribution >= 4 is 15.9 Å². The Labute approximate surface area is 183 Å². The Morgan fingerprint density at radius 1 is 1.06 bits per heavy atom. The number of nitrogens with zero attached hydrogens (tertiary/aromatic N) is 1. The number of methoxy groups -OCH3 is 2. The van der Waals surface area contributed by atoms with Gasteiger partial charge in [0.25, 0.3) is 5.91 Å². The van der Waals surface area contributed by atoms with E-state index in [2.05, 4.69) is 5.32 Å². The largest absolute Gasteiger partial charge is 0.493 e. The maximum absolute atomic E-state index is 13.1. The second-order valence-electron chi connectivity index (χ2n) is 7.31. The summed E-state index contributed by atoms with van der Waals surface area (Å²) in [6.07, 6.45) is 0. The quantitative estimate of drug-likeness (QED) is 0.700. The highest BCUT2D eigenvalue weighted by molar-refractivity contribution is 7.89. The first kappa shape index (κ1) is 23.1. The molecule has 2 aromatic rings. The second kappa shape index (κ2) is 9.67. The molecule has 9 heteroatoms. The summed E-state index contributed by atoms with van der Waals surface area (Å²) in [4.78, 5) is 13.0. The molecule has 0 radical (unpaired) electrons. The molecule has 0 saturated carbocycles. The number of amides is 1. The zero-order valence-electron chi connectivity index (χ0n) is 18.2. The van der Waals surface area contributed by atoms with E-state index < -0.39 is 10.0 Å². The molecule has 1 aliphatic heterocycles. The molecule has 1 amide bonds. The van der Waals surface area contributed by atoms with Crippen molar-refractivity contribution in [2.24, 2.45) is 0 Å². The number of aryl methyl sites for hydroxylation is 1. The van der Waals surface area contributed by atoms with Crippen LogP contribution < -0.4 is 14.8 Å². The molecule has 2 aromatic carbocycles. The maximum atomic E-state index is 13.1. The van der Waals surface area contributed by atoms with Gasteiger partial charge in [-0.25, -0.2) is 8.42 Å². The van der Waals surface area contributed by atoms with Gasteiger partial charge >= 0.3 is 0 Å². The van der Waals surface area contributed by atoms with Crippen molar-refractivity contribution in [3.8, 4) is 11.5 Å². The molecule has 1 N–H and O–H groups in total. The molecule has 8 nitrogen and oxygen atoms in total. The number of hydrogen-bond acceptors (Lipinski definition) is 6. The van der Waals surface area contributed by atoms with Gasteiger partial charge in [0, 0.05) is 18.7 Å². The average Bonchev–Trinajstić information content (AvgIpc) is 2.79. The van der Waals surface area contributed by atoms with Crippen molar-refractivity contribution in [1.82, 2.24) is 9.62 Å². The molecule has 168 valence electrons. The number of ether oxygens (including phenoxy) is 3. The van der Waals surface area contributed by atoms with Gasteiger partial charge in [-0.15, -0.1) is 0 Å². The zero-order valence-corrected chi connectivity index (χ0v) is 19.0. The summed E-state index contributed by atoms with van der Waals surface area (Å²) in [5.74, 6) is 0.803. The van der Waals surface area contributed by atoms with Crippen LogP contribution in [-0.4, -0.2) is 59.2 Å². The summed E-state index contributed by atoms with van der Waals surface area (Å²) >= 11 is 0. The highest BCUT2D eigenvalue weighted by atomic mass is 32.2. The fourth-order valence-electron chi connectivity index (χ4n) is 3.43. The van der Waals surface area contributed by atoms with E-state index in [1.54, 1.807) is 45.4 Å². The van der Waals surface area contributed by atoms with Crippen LogP contribution in [0.5, 0.6) is 11.5 Å². The number of hydrogen-bond donors (Lipinski definition) is 1. The van der Waals surface area contributed by atoms with Crippen molar-refractivity contribution in [3.63, 3.8) is 0 Å². The van der Waals surface area contributed by atoms with Crippen LogP contribution in [0.1, 0.15) is 34.5 Å². The third-order valence-electron chi connectivity index (χ3n) is 5.29. The molecule has 1 fully saturated rings. The predicted molar refractivity (Wildman–Crippen MR) is 116 cm³/mol. The zero-order chi connectivity index (χ0) is 22.6. The van der Waals surface area contributed by atoms with Crippen molar-refractivity contribution in [3.05, 3.63) is 53.1 Å². The highest BCUT2D eigenvalue weighted by Gasteiger charge is 2.28. The number of sulfonamides is 1. The molecule has 0 aromatic heterocycles. The topological polar surface area (TPSA) is 94.2 Å². The van der Waals surface area contributed by atoms with E-state index in [0.717, 1.165) is 5.56 Å². The lowest BCUT2D eigenvalue weighted by molar-refractivity contribution is 0.0730. The fraction of sp³-hybridized carbons (Fsp3) is 0.409. The molecule has 0 unspecified atom stereocenters. The lowest BCUT2D eigenvalue weighted by Crippen LogP contribution is -2.41. The Bertz CT molecular complexity index is 1050. The van der Waals surface area contributed by atoms with E-state index in [-0.39, 0.29) is 22.4 Å². The summed E-state index contributed by atoms with van der Waals surface area (Å²) < 4.78 is 43.4. The standard InChI is InChI=1S/C22H28N2O6S/c1-15-5-6-18(14-21(15)31(26,27)24-9-11-30-12-10-24)22(25)23-16(2)17-7-8-19(28-3)20(13-17)29-4/h5-8,13-14,16H,9-12H2,1-4H3,(H,23,25)/t16-/m0/s1. The van der Waals surface area contributed by atoms with Crippen LogP contribution in [0, 0.1) is 6.92 Å². The number of nitrogens with one attached hydrogen (secondary N) is 1.